The minimum absolute atomic E-state index is 0.0000725. The first kappa shape index (κ1) is 21.2. The van der Waals surface area contributed by atoms with Gasteiger partial charge in [0.05, 0.1) is 10.6 Å². The zero-order chi connectivity index (χ0) is 22.2. The van der Waals surface area contributed by atoms with Gasteiger partial charge in [-0.25, -0.2) is 17.2 Å². The lowest BCUT2D eigenvalue weighted by Gasteiger charge is -2.12. The molecule has 3 aromatic rings. The Bertz CT molecular complexity index is 1230. The highest BCUT2D eigenvalue weighted by atomic mass is 32.2. The summed E-state index contributed by atoms with van der Waals surface area (Å²) in [7, 11) is -4.08. The zero-order valence-corrected chi connectivity index (χ0v) is 16.8. The van der Waals surface area contributed by atoms with E-state index >= 15 is 0 Å². The van der Waals surface area contributed by atoms with Crippen LogP contribution in [0.25, 0.3) is 11.1 Å². The van der Waals surface area contributed by atoms with E-state index in [9.17, 15) is 26.0 Å². The molecule has 9 heteroatoms. The largest absolute Gasteiger partial charge is 0.435 e. The molecule has 0 saturated heterocycles. The van der Waals surface area contributed by atoms with Crippen LogP contribution in [0.2, 0.25) is 0 Å². The maximum absolute atomic E-state index is 14.4. The second-order valence-electron chi connectivity index (χ2n) is 7.20. The lowest BCUT2D eigenvalue weighted by molar-refractivity contribution is -0.0499. The minimum Gasteiger partial charge on any atom is -0.435 e. The molecular weight excluding hydrogens is 434 g/mol. The molecule has 1 fully saturated rings. The average Bonchev–Trinajstić information content (AvgIpc) is 3.54. The number of sulfonamides is 1. The number of anilines is 1. The maximum Gasteiger partial charge on any atom is 0.387 e. The van der Waals surface area contributed by atoms with Gasteiger partial charge in [-0.05, 0) is 71.8 Å². The van der Waals surface area contributed by atoms with Crippen molar-refractivity contribution >= 4 is 15.7 Å². The highest BCUT2D eigenvalue weighted by Crippen LogP contribution is 2.40. The van der Waals surface area contributed by atoms with Crippen LogP contribution in [0.15, 0.2) is 65.6 Å². The van der Waals surface area contributed by atoms with Crippen LogP contribution in [0, 0.1) is 11.6 Å². The van der Waals surface area contributed by atoms with Crippen LogP contribution in [-0.4, -0.2) is 15.0 Å². The average molecular weight is 451 g/mol. The molecule has 0 radical (unpaired) electrons. The first-order chi connectivity index (χ1) is 14.7. The highest BCUT2D eigenvalue weighted by molar-refractivity contribution is 7.92. The summed E-state index contributed by atoms with van der Waals surface area (Å²) in [5.74, 6) is -1.75. The van der Waals surface area contributed by atoms with Gasteiger partial charge in [-0.2, -0.15) is 8.78 Å². The molecule has 0 heterocycles. The summed E-state index contributed by atoms with van der Waals surface area (Å²) in [5.41, 5.74) is 0.884. The predicted molar refractivity (Wildman–Crippen MR) is 108 cm³/mol. The van der Waals surface area contributed by atoms with Crippen LogP contribution in [0.1, 0.15) is 24.3 Å². The Morgan fingerprint density at radius 1 is 0.935 bits per heavy atom. The van der Waals surface area contributed by atoms with Gasteiger partial charge in [0.15, 0.2) is 0 Å². The van der Waals surface area contributed by atoms with Crippen LogP contribution >= 0.6 is 0 Å². The van der Waals surface area contributed by atoms with E-state index in [0.717, 1.165) is 42.7 Å². The van der Waals surface area contributed by atoms with E-state index in [2.05, 4.69) is 9.46 Å². The Morgan fingerprint density at radius 2 is 1.71 bits per heavy atom. The fourth-order valence-electron chi connectivity index (χ4n) is 3.24. The van der Waals surface area contributed by atoms with Crippen molar-refractivity contribution in [2.24, 2.45) is 0 Å². The highest BCUT2D eigenvalue weighted by Gasteiger charge is 2.25. The molecule has 1 aliphatic rings. The fourth-order valence-corrected chi connectivity index (χ4v) is 4.35. The molecule has 0 unspecified atom stereocenters. The van der Waals surface area contributed by atoms with Crippen LogP contribution in [0.4, 0.5) is 23.2 Å². The Labute approximate surface area is 176 Å². The van der Waals surface area contributed by atoms with E-state index in [1.165, 1.54) is 18.2 Å². The Morgan fingerprint density at radius 3 is 2.42 bits per heavy atom. The number of hydrogen-bond acceptors (Lipinski definition) is 3. The molecule has 162 valence electrons. The lowest BCUT2D eigenvalue weighted by Crippen LogP contribution is -2.14. The monoisotopic (exact) mass is 451 g/mol. The van der Waals surface area contributed by atoms with Gasteiger partial charge in [0.2, 0.25) is 0 Å². The Balaban J connectivity index is 1.66. The van der Waals surface area contributed by atoms with E-state index in [0.29, 0.717) is 5.92 Å². The molecule has 0 aromatic heterocycles. The Hall–Kier alpha value is -3.07. The number of halogens is 4. The van der Waals surface area contributed by atoms with Gasteiger partial charge in [0.25, 0.3) is 10.0 Å². The zero-order valence-electron chi connectivity index (χ0n) is 16.0. The van der Waals surface area contributed by atoms with Crippen molar-refractivity contribution in [1.29, 1.82) is 0 Å². The van der Waals surface area contributed by atoms with Crippen LogP contribution in [0.5, 0.6) is 5.75 Å². The molecule has 1 aliphatic carbocycles. The van der Waals surface area contributed by atoms with Crippen molar-refractivity contribution < 1.29 is 30.7 Å². The molecule has 3 aromatic carbocycles. The second-order valence-corrected chi connectivity index (χ2v) is 8.88. The number of benzene rings is 3. The van der Waals surface area contributed by atoms with E-state index in [-0.39, 0.29) is 21.7 Å². The van der Waals surface area contributed by atoms with Crippen molar-refractivity contribution in [2.45, 2.75) is 30.3 Å². The number of rotatable bonds is 7. The summed E-state index contributed by atoms with van der Waals surface area (Å²) in [5, 5.41) is 0. The SMILES string of the molecule is O=S(=O)(Nc1cc(-c2cc(F)cc(OC(F)F)c2)ccc1F)c1cccc(C2CC2)c1. The molecule has 1 saturated carbocycles. The topological polar surface area (TPSA) is 55.4 Å². The summed E-state index contributed by atoms with van der Waals surface area (Å²) in [6.07, 6.45) is 2.00. The summed E-state index contributed by atoms with van der Waals surface area (Å²) in [4.78, 5) is 0.0000725. The first-order valence-electron chi connectivity index (χ1n) is 9.39. The van der Waals surface area contributed by atoms with E-state index in [4.69, 9.17) is 0 Å². The van der Waals surface area contributed by atoms with Gasteiger partial charge >= 0.3 is 6.61 Å². The Kier molecular flexibility index (Phi) is 5.62. The summed E-state index contributed by atoms with van der Waals surface area (Å²) in [6.45, 7) is -3.14. The molecule has 0 aliphatic heterocycles. The molecular formula is C22H17F4NO3S. The standard InChI is InChI=1S/C22H17F4NO3S/c23-17-8-16(9-18(12-17)30-22(25)26)15-6-7-20(24)21(11-15)27-31(28,29)19-3-1-2-14(10-19)13-4-5-13/h1-3,6-13,22,27H,4-5H2. The summed E-state index contributed by atoms with van der Waals surface area (Å²) >= 11 is 0. The lowest BCUT2D eigenvalue weighted by atomic mass is 10.0. The molecule has 0 spiro atoms. The molecule has 4 nitrogen and oxygen atoms in total. The molecule has 0 amide bonds. The smallest absolute Gasteiger partial charge is 0.387 e. The predicted octanol–water partition coefficient (Wildman–Crippen LogP) is 5.91. The fraction of sp³-hybridized carbons (Fsp3) is 0.182. The van der Waals surface area contributed by atoms with Crippen LogP contribution in [0.3, 0.4) is 0 Å². The maximum atomic E-state index is 14.4. The molecule has 4 rings (SSSR count). The van der Waals surface area contributed by atoms with E-state index in [1.54, 1.807) is 12.1 Å². The molecule has 1 N–H and O–H groups in total. The third kappa shape index (κ3) is 4.99. The number of hydrogen-bond donors (Lipinski definition) is 1. The minimum atomic E-state index is -4.08. The number of nitrogens with one attached hydrogen (secondary N) is 1. The number of alkyl halides is 2. The van der Waals surface area contributed by atoms with Crippen molar-refractivity contribution in [3.63, 3.8) is 0 Å². The normalized spacial score (nSPS) is 14.0. The second kappa shape index (κ2) is 8.22. The number of ether oxygens (including phenoxy) is 1. The molecule has 0 atom stereocenters. The van der Waals surface area contributed by atoms with Crippen molar-refractivity contribution in [3.05, 3.63) is 77.9 Å². The first-order valence-corrected chi connectivity index (χ1v) is 10.9. The quantitative estimate of drug-likeness (QED) is 0.455. The van der Waals surface area contributed by atoms with Crippen LogP contribution < -0.4 is 9.46 Å². The van der Waals surface area contributed by atoms with Gasteiger partial charge in [-0.1, -0.05) is 18.2 Å². The summed E-state index contributed by atoms with van der Waals surface area (Å²) in [6, 6.07) is 12.9. The van der Waals surface area contributed by atoms with Crippen LogP contribution in [-0.2, 0) is 10.0 Å². The van der Waals surface area contributed by atoms with Gasteiger partial charge in [-0.3, -0.25) is 4.72 Å². The van der Waals surface area contributed by atoms with Crippen molar-refractivity contribution in [3.8, 4) is 16.9 Å². The van der Waals surface area contributed by atoms with E-state index in [1.807, 2.05) is 6.07 Å². The van der Waals surface area contributed by atoms with Gasteiger partial charge in [0.1, 0.15) is 17.4 Å². The molecule has 31 heavy (non-hydrogen) atoms. The molecule has 0 bridgehead atoms. The van der Waals surface area contributed by atoms with Gasteiger partial charge < -0.3 is 4.74 Å². The summed E-state index contributed by atoms with van der Waals surface area (Å²) < 4.78 is 85.1. The van der Waals surface area contributed by atoms with Crippen molar-refractivity contribution in [2.75, 3.05) is 4.72 Å². The van der Waals surface area contributed by atoms with Gasteiger partial charge in [-0.15, -0.1) is 0 Å². The van der Waals surface area contributed by atoms with Crippen molar-refractivity contribution in [1.82, 2.24) is 0 Å². The van der Waals surface area contributed by atoms with Gasteiger partial charge in [0, 0.05) is 6.07 Å². The third-order valence-corrected chi connectivity index (χ3v) is 6.22. The third-order valence-electron chi connectivity index (χ3n) is 4.86. The van der Waals surface area contributed by atoms with E-state index < -0.39 is 34.0 Å².